The van der Waals surface area contributed by atoms with E-state index in [1.54, 1.807) is 17.5 Å². The Morgan fingerprint density at radius 2 is 2.36 bits per heavy atom. The van der Waals surface area contributed by atoms with Crippen LogP contribution in [0.5, 0.6) is 0 Å². The highest BCUT2D eigenvalue weighted by Crippen LogP contribution is 2.36. The van der Waals surface area contributed by atoms with Crippen molar-refractivity contribution in [3.05, 3.63) is 51.8 Å². The van der Waals surface area contributed by atoms with Crippen molar-refractivity contribution in [2.75, 3.05) is 6.54 Å². The number of aromatic amines is 1. The first-order valence-corrected chi connectivity index (χ1v) is 8.47. The molecule has 2 aromatic heterocycles. The molecule has 22 heavy (non-hydrogen) atoms. The standard InChI is InChI=1S/C17H17N3OS/c1-2-15-12-7-9-22-16(12)6-8-20(15)17(21)11-4-3-5-14-13(11)10-18-19-14/h3-5,7,9-10,15H,2,6,8H2,1H3,(H,18,19)/t15-/m1/s1. The third-order valence-electron chi connectivity index (χ3n) is 4.46. The smallest absolute Gasteiger partial charge is 0.255 e. The zero-order valence-electron chi connectivity index (χ0n) is 12.4. The van der Waals surface area contributed by atoms with E-state index in [0.29, 0.717) is 0 Å². The summed E-state index contributed by atoms with van der Waals surface area (Å²) >= 11 is 1.81. The molecule has 5 heteroatoms. The average molecular weight is 311 g/mol. The fourth-order valence-electron chi connectivity index (χ4n) is 3.39. The Hall–Kier alpha value is -2.14. The van der Waals surface area contributed by atoms with Gasteiger partial charge in [0.05, 0.1) is 23.3 Å². The van der Waals surface area contributed by atoms with Gasteiger partial charge < -0.3 is 4.90 Å². The highest BCUT2D eigenvalue weighted by atomic mass is 32.1. The van der Waals surface area contributed by atoms with Gasteiger partial charge in [-0.3, -0.25) is 9.89 Å². The molecule has 1 aromatic carbocycles. The Morgan fingerprint density at radius 3 is 3.23 bits per heavy atom. The summed E-state index contributed by atoms with van der Waals surface area (Å²) in [6.07, 6.45) is 3.64. The lowest BCUT2D eigenvalue weighted by Crippen LogP contribution is -2.39. The van der Waals surface area contributed by atoms with Gasteiger partial charge in [0.25, 0.3) is 5.91 Å². The molecule has 0 aliphatic carbocycles. The minimum Gasteiger partial charge on any atom is -0.331 e. The van der Waals surface area contributed by atoms with E-state index < -0.39 is 0 Å². The summed E-state index contributed by atoms with van der Waals surface area (Å²) in [4.78, 5) is 16.6. The van der Waals surface area contributed by atoms with Crippen LogP contribution in [-0.4, -0.2) is 27.5 Å². The van der Waals surface area contributed by atoms with Gasteiger partial charge in [-0.15, -0.1) is 11.3 Å². The van der Waals surface area contributed by atoms with Gasteiger partial charge in [0.2, 0.25) is 0 Å². The fraction of sp³-hybridized carbons (Fsp3) is 0.294. The maximum Gasteiger partial charge on any atom is 0.255 e. The van der Waals surface area contributed by atoms with Crippen LogP contribution in [0.2, 0.25) is 0 Å². The number of carbonyl (C=O) groups excluding carboxylic acids is 1. The molecule has 1 N–H and O–H groups in total. The SMILES string of the molecule is CC[C@@H]1c2ccsc2CCN1C(=O)c1cccc2[nH]ncc12. The second kappa shape index (κ2) is 5.25. The number of benzene rings is 1. The van der Waals surface area contributed by atoms with E-state index >= 15 is 0 Å². The Balaban J connectivity index is 1.75. The van der Waals surface area contributed by atoms with Crippen molar-refractivity contribution in [3.63, 3.8) is 0 Å². The quantitative estimate of drug-likeness (QED) is 0.783. The van der Waals surface area contributed by atoms with Gasteiger partial charge in [-0.25, -0.2) is 0 Å². The first-order valence-electron chi connectivity index (χ1n) is 7.59. The molecular formula is C17H17N3OS. The van der Waals surface area contributed by atoms with Gasteiger partial charge >= 0.3 is 0 Å². The molecule has 3 aromatic rings. The van der Waals surface area contributed by atoms with Gasteiger partial charge in [0, 0.05) is 16.8 Å². The molecule has 112 valence electrons. The van der Waals surface area contributed by atoms with Crippen molar-refractivity contribution in [1.82, 2.24) is 15.1 Å². The van der Waals surface area contributed by atoms with Crippen molar-refractivity contribution in [1.29, 1.82) is 0 Å². The van der Waals surface area contributed by atoms with Crippen molar-refractivity contribution in [3.8, 4) is 0 Å². The molecule has 0 radical (unpaired) electrons. The van der Waals surface area contributed by atoms with Crippen LogP contribution in [0.3, 0.4) is 0 Å². The summed E-state index contributed by atoms with van der Waals surface area (Å²) in [5, 5.41) is 10.0. The van der Waals surface area contributed by atoms with Crippen LogP contribution in [0.15, 0.2) is 35.8 Å². The first kappa shape index (κ1) is 13.5. The lowest BCUT2D eigenvalue weighted by Gasteiger charge is -2.35. The summed E-state index contributed by atoms with van der Waals surface area (Å²) in [7, 11) is 0. The number of rotatable bonds is 2. The summed E-state index contributed by atoms with van der Waals surface area (Å²) < 4.78 is 0. The van der Waals surface area contributed by atoms with Crippen molar-refractivity contribution < 1.29 is 4.79 Å². The van der Waals surface area contributed by atoms with E-state index in [9.17, 15) is 4.79 Å². The zero-order valence-corrected chi connectivity index (χ0v) is 13.2. The zero-order chi connectivity index (χ0) is 15.1. The molecule has 1 aliphatic heterocycles. The molecule has 0 unspecified atom stereocenters. The number of hydrogen-bond donors (Lipinski definition) is 1. The second-order valence-corrected chi connectivity index (χ2v) is 6.61. The summed E-state index contributed by atoms with van der Waals surface area (Å²) in [5.74, 6) is 0.107. The number of nitrogens with zero attached hydrogens (tertiary/aromatic N) is 2. The Morgan fingerprint density at radius 1 is 1.45 bits per heavy atom. The molecule has 0 saturated carbocycles. The average Bonchev–Trinajstić information content (AvgIpc) is 3.21. The van der Waals surface area contributed by atoms with Crippen molar-refractivity contribution in [2.45, 2.75) is 25.8 Å². The molecule has 1 amide bonds. The second-order valence-electron chi connectivity index (χ2n) is 5.61. The van der Waals surface area contributed by atoms with E-state index in [-0.39, 0.29) is 11.9 Å². The van der Waals surface area contributed by atoms with Crippen molar-refractivity contribution in [2.24, 2.45) is 0 Å². The topological polar surface area (TPSA) is 49.0 Å². The third kappa shape index (κ3) is 1.96. The summed E-state index contributed by atoms with van der Waals surface area (Å²) in [6.45, 7) is 2.94. The maximum atomic E-state index is 13.1. The van der Waals surface area contributed by atoms with E-state index in [4.69, 9.17) is 0 Å². The molecule has 3 heterocycles. The van der Waals surface area contributed by atoms with Gasteiger partial charge in [0.15, 0.2) is 0 Å². The van der Waals surface area contributed by atoms with E-state index in [1.165, 1.54) is 10.4 Å². The first-order chi connectivity index (χ1) is 10.8. The Labute approximate surface area is 132 Å². The lowest BCUT2D eigenvalue weighted by atomic mass is 9.96. The van der Waals surface area contributed by atoms with Crippen molar-refractivity contribution >= 4 is 28.1 Å². The van der Waals surface area contributed by atoms with Crippen LogP contribution >= 0.6 is 11.3 Å². The van der Waals surface area contributed by atoms with Crippen LogP contribution in [0.4, 0.5) is 0 Å². The Bertz CT molecular complexity index is 835. The molecule has 4 nitrogen and oxygen atoms in total. The minimum absolute atomic E-state index is 0.107. The van der Waals surface area contributed by atoms with Gasteiger partial charge in [0.1, 0.15) is 0 Å². The summed E-state index contributed by atoms with van der Waals surface area (Å²) in [5.41, 5.74) is 2.97. The largest absolute Gasteiger partial charge is 0.331 e. The van der Waals surface area contributed by atoms with E-state index in [2.05, 4.69) is 28.6 Å². The van der Waals surface area contributed by atoms with Gasteiger partial charge in [-0.05, 0) is 42.0 Å². The summed E-state index contributed by atoms with van der Waals surface area (Å²) in [6, 6.07) is 8.12. The fourth-order valence-corrected chi connectivity index (χ4v) is 4.32. The predicted octanol–water partition coefficient (Wildman–Crippen LogP) is 3.77. The minimum atomic E-state index is 0.107. The molecule has 1 aliphatic rings. The monoisotopic (exact) mass is 311 g/mol. The van der Waals surface area contributed by atoms with Gasteiger partial charge in [-0.1, -0.05) is 13.0 Å². The van der Waals surface area contributed by atoms with Crippen LogP contribution in [0, 0.1) is 0 Å². The number of hydrogen-bond acceptors (Lipinski definition) is 3. The van der Waals surface area contributed by atoms with E-state index in [0.717, 1.165) is 35.9 Å². The Kier molecular flexibility index (Phi) is 3.22. The third-order valence-corrected chi connectivity index (χ3v) is 5.45. The molecule has 0 saturated heterocycles. The van der Waals surface area contributed by atoms with Crippen LogP contribution in [0.1, 0.15) is 40.2 Å². The number of aromatic nitrogens is 2. The highest BCUT2D eigenvalue weighted by Gasteiger charge is 2.31. The highest BCUT2D eigenvalue weighted by molar-refractivity contribution is 7.10. The number of nitrogens with one attached hydrogen (secondary N) is 1. The number of thiophene rings is 1. The number of fused-ring (bicyclic) bond motifs is 2. The van der Waals surface area contributed by atoms with E-state index in [1.807, 2.05) is 23.1 Å². The predicted molar refractivity (Wildman–Crippen MR) is 88.2 cm³/mol. The molecule has 0 fully saturated rings. The maximum absolute atomic E-state index is 13.1. The van der Waals surface area contributed by atoms with Crippen LogP contribution in [-0.2, 0) is 6.42 Å². The molecular weight excluding hydrogens is 294 g/mol. The lowest BCUT2D eigenvalue weighted by molar-refractivity contribution is 0.0659. The van der Waals surface area contributed by atoms with Gasteiger partial charge in [-0.2, -0.15) is 5.10 Å². The number of carbonyl (C=O) groups is 1. The van der Waals surface area contributed by atoms with Crippen LogP contribution < -0.4 is 0 Å². The normalized spacial score (nSPS) is 17.7. The molecule has 4 rings (SSSR count). The number of H-pyrrole nitrogens is 1. The molecule has 0 spiro atoms. The molecule has 0 bridgehead atoms. The number of amides is 1. The molecule has 1 atom stereocenters. The van der Waals surface area contributed by atoms with Crippen LogP contribution in [0.25, 0.3) is 10.9 Å².